The minimum Gasteiger partial charge on any atom is -0.508 e. The Labute approximate surface area is 152 Å². The van der Waals surface area contributed by atoms with Crippen molar-refractivity contribution in [1.29, 1.82) is 0 Å². The highest BCUT2D eigenvalue weighted by atomic mass is 79.9. The van der Waals surface area contributed by atoms with E-state index in [0.717, 1.165) is 36.7 Å². The number of aromatic hydroxyl groups is 1. The molecule has 4 aromatic rings. The Morgan fingerprint density at radius 1 is 0.875 bits per heavy atom. The highest BCUT2D eigenvalue weighted by Crippen LogP contribution is 2.44. The first-order chi connectivity index (χ1) is 11.7. The zero-order valence-electron chi connectivity index (χ0n) is 12.6. The molecular weight excluding hydrogens is 384 g/mol. The molecule has 2 nitrogen and oxygen atoms in total. The SMILES string of the molecule is Oc1cccc(-c2cc(-c3ccco3)c(-c3cccc(Br)c3)s2)c1. The van der Waals surface area contributed by atoms with Crippen molar-refractivity contribution in [3.8, 4) is 38.0 Å². The predicted molar refractivity (Wildman–Crippen MR) is 102 cm³/mol. The van der Waals surface area contributed by atoms with E-state index < -0.39 is 0 Å². The van der Waals surface area contributed by atoms with Crippen LogP contribution in [0.15, 0.2) is 81.9 Å². The number of benzene rings is 2. The highest BCUT2D eigenvalue weighted by Gasteiger charge is 2.16. The first kappa shape index (κ1) is 15.2. The molecule has 4 rings (SSSR count). The van der Waals surface area contributed by atoms with Gasteiger partial charge in [-0.3, -0.25) is 0 Å². The van der Waals surface area contributed by atoms with Crippen LogP contribution in [-0.4, -0.2) is 5.11 Å². The molecule has 2 aromatic carbocycles. The molecule has 0 unspecified atom stereocenters. The number of furan rings is 1. The molecule has 0 fully saturated rings. The molecule has 24 heavy (non-hydrogen) atoms. The summed E-state index contributed by atoms with van der Waals surface area (Å²) >= 11 is 5.23. The molecule has 1 N–H and O–H groups in total. The molecule has 0 radical (unpaired) electrons. The van der Waals surface area contributed by atoms with Gasteiger partial charge >= 0.3 is 0 Å². The molecule has 0 aliphatic rings. The van der Waals surface area contributed by atoms with Crippen LogP contribution >= 0.6 is 27.3 Å². The number of phenolic OH excluding ortho intramolecular Hbond substituents is 1. The molecule has 0 spiro atoms. The Morgan fingerprint density at radius 3 is 2.46 bits per heavy atom. The maximum atomic E-state index is 9.77. The van der Waals surface area contributed by atoms with Gasteiger partial charge < -0.3 is 9.52 Å². The van der Waals surface area contributed by atoms with Crippen molar-refractivity contribution in [3.05, 3.63) is 77.5 Å². The van der Waals surface area contributed by atoms with Crippen LogP contribution in [0.1, 0.15) is 0 Å². The molecule has 0 bridgehead atoms. The maximum absolute atomic E-state index is 9.77. The smallest absolute Gasteiger partial charge is 0.135 e. The summed E-state index contributed by atoms with van der Waals surface area (Å²) in [5.41, 5.74) is 3.18. The molecular formula is C20H13BrO2S. The molecule has 0 amide bonds. The fraction of sp³-hybridized carbons (Fsp3) is 0. The molecule has 0 aliphatic carbocycles. The van der Waals surface area contributed by atoms with Gasteiger partial charge in [-0.25, -0.2) is 0 Å². The second-order valence-corrected chi connectivity index (χ2v) is 7.36. The summed E-state index contributed by atoms with van der Waals surface area (Å²) in [6.45, 7) is 0. The molecule has 2 aromatic heterocycles. The van der Waals surface area contributed by atoms with Crippen LogP contribution in [0.5, 0.6) is 5.75 Å². The van der Waals surface area contributed by atoms with E-state index in [-0.39, 0.29) is 5.75 Å². The third kappa shape index (κ3) is 2.90. The molecule has 0 aliphatic heterocycles. The minimum absolute atomic E-state index is 0.268. The fourth-order valence-electron chi connectivity index (χ4n) is 2.65. The van der Waals surface area contributed by atoms with Gasteiger partial charge in [-0.05, 0) is 53.6 Å². The minimum atomic E-state index is 0.268. The molecule has 2 heterocycles. The largest absolute Gasteiger partial charge is 0.508 e. The van der Waals surface area contributed by atoms with Crippen molar-refractivity contribution >= 4 is 27.3 Å². The van der Waals surface area contributed by atoms with Crippen LogP contribution in [0.3, 0.4) is 0 Å². The topological polar surface area (TPSA) is 33.4 Å². The average molecular weight is 397 g/mol. The number of halogens is 1. The van der Waals surface area contributed by atoms with Crippen LogP contribution in [0.2, 0.25) is 0 Å². The third-order valence-corrected chi connectivity index (χ3v) is 5.46. The van der Waals surface area contributed by atoms with Crippen molar-refractivity contribution in [2.45, 2.75) is 0 Å². The number of hydrogen-bond acceptors (Lipinski definition) is 3. The summed E-state index contributed by atoms with van der Waals surface area (Å²) in [6, 6.07) is 21.5. The summed E-state index contributed by atoms with van der Waals surface area (Å²) in [7, 11) is 0. The van der Waals surface area contributed by atoms with Gasteiger partial charge in [0.1, 0.15) is 11.5 Å². The van der Waals surface area contributed by atoms with Crippen molar-refractivity contribution < 1.29 is 9.52 Å². The lowest BCUT2D eigenvalue weighted by molar-refractivity contribution is 0.475. The van der Waals surface area contributed by atoms with Gasteiger partial charge in [-0.15, -0.1) is 11.3 Å². The van der Waals surface area contributed by atoms with Crippen molar-refractivity contribution in [1.82, 2.24) is 0 Å². The van der Waals surface area contributed by atoms with E-state index in [1.165, 1.54) is 0 Å². The standard InChI is InChI=1S/C20H13BrO2S/c21-15-6-1-5-14(10-15)20-17(18-8-3-9-23-18)12-19(24-20)13-4-2-7-16(22)11-13/h1-12,22H. The Kier molecular flexibility index (Phi) is 4.00. The fourth-order valence-corrected chi connectivity index (χ4v) is 4.21. The highest BCUT2D eigenvalue weighted by molar-refractivity contribution is 9.10. The molecule has 0 atom stereocenters. The summed E-state index contributed by atoms with van der Waals surface area (Å²) in [5.74, 6) is 1.11. The van der Waals surface area contributed by atoms with Crippen LogP contribution in [0, 0.1) is 0 Å². The number of phenols is 1. The Bertz CT molecular complexity index is 987. The van der Waals surface area contributed by atoms with Gasteiger partial charge in [0.25, 0.3) is 0 Å². The van der Waals surface area contributed by atoms with Crippen LogP contribution in [0.25, 0.3) is 32.2 Å². The third-order valence-electron chi connectivity index (χ3n) is 3.74. The second kappa shape index (κ2) is 6.30. The Balaban J connectivity index is 1.91. The molecule has 0 saturated heterocycles. The summed E-state index contributed by atoms with van der Waals surface area (Å²) in [6.07, 6.45) is 1.69. The van der Waals surface area contributed by atoms with Gasteiger partial charge in [0.2, 0.25) is 0 Å². The average Bonchev–Trinajstić information content (AvgIpc) is 3.24. The molecule has 4 heteroatoms. The van der Waals surface area contributed by atoms with E-state index in [0.29, 0.717) is 0 Å². The molecule has 0 saturated carbocycles. The van der Waals surface area contributed by atoms with Crippen molar-refractivity contribution in [2.75, 3.05) is 0 Å². The lowest BCUT2D eigenvalue weighted by Gasteiger charge is -2.02. The van der Waals surface area contributed by atoms with Crippen molar-refractivity contribution in [2.24, 2.45) is 0 Å². The Morgan fingerprint density at radius 2 is 1.71 bits per heavy atom. The predicted octanol–water partition coefficient (Wildman–Crippen LogP) is 6.81. The summed E-state index contributed by atoms with van der Waals surface area (Å²) in [4.78, 5) is 2.23. The zero-order chi connectivity index (χ0) is 16.5. The number of hydrogen-bond donors (Lipinski definition) is 1. The van der Waals surface area contributed by atoms with Gasteiger partial charge in [0.05, 0.1) is 6.26 Å². The first-order valence-electron chi connectivity index (χ1n) is 7.44. The molecule has 118 valence electrons. The van der Waals surface area contributed by atoms with Crippen LogP contribution in [-0.2, 0) is 0 Å². The van der Waals surface area contributed by atoms with E-state index in [2.05, 4.69) is 34.1 Å². The lowest BCUT2D eigenvalue weighted by atomic mass is 10.1. The normalized spacial score (nSPS) is 10.9. The van der Waals surface area contributed by atoms with Gasteiger partial charge in [0.15, 0.2) is 0 Å². The van der Waals surface area contributed by atoms with E-state index in [4.69, 9.17) is 4.42 Å². The van der Waals surface area contributed by atoms with E-state index >= 15 is 0 Å². The quantitative estimate of drug-likeness (QED) is 0.412. The monoisotopic (exact) mass is 396 g/mol. The van der Waals surface area contributed by atoms with E-state index in [9.17, 15) is 5.11 Å². The summed E-state index contributed by atoms with van der Waals surface area (Å²) < 4.78 is 6.67. The van der Waals surface area contributed by atoms with Crippen LogP contribution < -0.4 is 0 Å². The number of thiophene rings is 1. The van der Waals surface area contributed by atoms with E-state index in [1.54, 1.807) is 29.7 Å². The maximum Gasteiger partial charge on any atom is 0.135 e. The van der Waals surface area contributed by atoms with Gasteiger partial charge in [0, 0.05) is 19.8 Å². The van der Waals surface area contributed by atoms with E-state index in [1.807, 2.05) is 36.4 Å². The summed E-state index contributed by atoms with van der Waals surface area (Å²) in [5, 5.41) is 9.77. The van der Waals surface area contributed by atoms with Gasteiger partial charge in [-0.2, -0.15) is 0 Å². The first-order valence-corrected chi connectivity index (χ1v) is 9.05. The second-order valence-electron chi connectivity index (χ2n) is 5.39. The van der Waals surface area contributed by atoms with Crippen molar-refractivity contribution in [3.63, 3.8) is 0 Å². The zero-order valence-corrected chi connectivity index (χ0v) is 15.0. The van der Waals surface area contributed by atoms with Crippen LogP contribution in [0.4, 0.5) is 0 Å². The Hall–Kier alpha value is -2.30. The number of rotatable bonds is 3. The lowest BCUT2D eigenvalue weighted by Crippen LogP contribution is -1.76. The van der Waals surface area contributed by atoms with Gasteiger partial charge in [-0.1, -0.05) is 40.2 Å².